The summed E-state index contributed by atoms with van der Waals surface area (Å²) in [5, 5.41) is 15.7. The molecule has 1 atom stereocenters. The average Bonchev–Trinajstić information content (AvgIpc) is 3.35. The molecule has 10 nitrogen and oxygen atoms in total. The van der Waals surface area contributed by atoms with E-state index < -0.39 is 28.8 Å². The van der Waals surface area contributed by atoms with Crippen molar-refractivity contribution in [2.24, 2.45) is 4.99 Å². The van der Waals surface area contributed by atoms with E-state index in [0.717, 1.165) is 24.0 Å². The van der Waals surface area contributed by atoms with Crippen LogP contribution in [0.4, 0.5) is 29.9 Å². The fraction of sp³-hybridized carbons (Fsp3) is 0.269. The molecule has 0 bridgehead atoms. The fourth-order valence-electron chi connectivity index (χ4n) is 4.32. The SMILES string of the molecule is COCC1(Nc2sc(C(F)(F)F)nc2-c2nnc(NC3N=C(c4ccccc4)c4ccccc4NC3=O)o2)CC1. The molecule has 1 unspecified atom stereocenters. The largest absolute Gasteiger partial charge is 0.443 e. The van der Waals surface area contributed by atoms with Gasteiger partial charge in [0.15, 0.2) is 5.69 Å². The van der Waals surface area contributed by atoms with E-state index in [1.54, 1.807) is 12.1 Å². The first kappa shape index (κ1) is 26.0. The van der Waals surface area contributed by atoms with Crippen LogP contribution in [0, 0.1) is 0 Å². The Bertz CT molecular complexity index is 1580. The zero-order valence-electron chi connectivity index (χ0n) is 21.0. The first-order valence-electron chi connectivity index (χ1n) is 12.2. The van der Waals surface area contributed by atoms with Crippen LogP contribution < -0.4 is 16.0 Å². The number of nitrogens with one attached hydrogen (secondary N) is 3. The highest BCUT2D eigenvalue weighted by molar-refractivity contribution is 7.16. The lowest BCUT2D eigenvalue weighted by Gasteiger charge is -2.16. The molecular formula is C26H22F3N7O3S. The molecule has 1 fully saturated rings. The van der Waals surface area contributed by atoms with Crippen molar-refractivity contribution >= 4 is 39.7 Å². The van der Waals surface area contributed by atoms with Crippen LogP contribution in [-0.2, 0) is 15.7 Å². The zero-order valence-corrected chi connectivity index (χ0v) is 21.8. The molecule has 3 N–H and O–H groups in total. The average molecular weight is 570 g/mol. The molecule has 40 heavy (non-hydrogen) atoms. The third-order valence-corrected chi connectivity index (χ3v) is 7.42. The third kappa shape index (κ3) is 5.14. The number of aromatic nitrogens is 3. The van der Waals surface area contributed by atoms with Crippen molar-refractivity contribution in [1.29, 1.82) is 0 Å². The topological polar surface area (TPSA) is 127 Å². The second kappa shape index (κ2) is 10.0. The minimum atomic E-state index is -4.66. The summed E-state index contributed by atoms with van der Waals surface area (Å²) >= 11 is 0.456. The quantitative estimate of drug-likeness (QED) is 0.270. The van der Waals surface area contributed by atoms with E-state index in [4.69, 9.17) is 9.15 Å². The summed E-state index contributed by atoms with van der Waals surface area (Å²) in [7, 11) is 1.53. The number of aliphatic imine (C=N–C) groups is 1. The van der Waals surface area contributed by atoms with Gasteiger partial charge >= 0.3 is 12.2 Å². The molecule has 1 aliphatic carbocycles. The highest BCUT2D eigenvalue weighted by Gasteiger charge is 2.45. The van der Waals surface area contributed by atoms with Gasteiger partial charge in [-0.1, -0.05) is 65.0 Å². The Morgan fingerprint density at radius 2 is 1.88 bits per heavy atom. The van der Waals surface area contributed by atoms with Crippen LogP contribution in [0.15, 0.2) is 64.0 Å². The summed E-state index contributed by atoms with van der Waals surface area (Å²) in [5.74, 6) is -0.724. The van der Waals surface area contributed by atoms with Crippen molar-refractivity contribution < 1.29 is 27.1 Å². The number of amides is 1. The summed E-state index contributed by atoms with van der Waals surface area (Å²) in [5.41, 5.74) is 2.03. The number of carbonyl (C=O) groups is 1. The lowest BCUT2D eigenvalue weighted by Crippen LogP contribution is -2.32. The second-order valence-electron chi connectivity index (χ2n) is 9.37. The number of thiazole rings is 1. The van der Waals surface area contributed by atoms with Gasteiger partial charge < -0.3 is 25.1 Å². The van der Waals surface area contributed by atoms with Crippen LogP contribution in [0.5, 0.6) is 0 Å². The van der Waals surface area contributed by atoms with E-state index in [9.17, 15) is 18.0 Å². The maximum atomic E-state index is 13.5. The van der Waals surface area contributed by atoms with Gasteiger partial charge in [-0.25, -0.2) is 9.98 Å². The molecule has 2 aromatic carbocycles. The molecule has 206 valence electrons. The Labute approximate surface area is 229 Å². The van der Waals surface area contributed by atoms with Crippen molar-refractivity contribution in [2.45, 2.75) is 30.7 Å². The second-order valence-corrected chi connectivity index (χ2v) is 10.4. The molecule has 14 heteroatoms. The third-order valence-electron chi connectivity index (χ3n) is 6.40. The molecular weight excluding hydrogens is 547 g/mol. The van der Waals surface area contributed by atoms with Gasteiger partial charge in [-0.3, -0.25) is 4.79 Å². The summed E-state index contributed by atoms with van der Waals surface area (Å²) in [6.45, 7) is 0.323. The van der Waals surface area contributed by atoms with Crippen molar-refractivity contribution in [3.8, 4) is 11.6 Å². The van der Waals surface area contributed by atoms with Crippen LogP contribution in [0.3, 0.4) is 0 Å². The van der Waals surface area contributed by atoms with Gasteiger partial charge in [0.1, 0.15) is 5.00 Å². The molecule has 2 aromatic heterocycles. The van der Waals surface area contributed by atoms with E-state index in [-0.39, 0.29) is 22.6 Å². The van der Waals surface area contributed by atoms with Gasteiger partial charge in [-0.15, -0.1) is 5.10 Å². The summed E-state index contributed by atoms with van der Waals surface area (Å²) < 4.78 is 51.5. The number of para-hydroxylation sites is 1. The Morgan fingerprint density at radius 1 is 1.12 bits per heavy atom. The first-order chi connectivity index (χ1) is 19.2. The van der Waals surface area contributed by atoms with Crippen LogP contribution in [0.1, 0.15) is 29.0 Å². The lowest BCUT2D eigenvalue weighted by atomic mass is 10.0. The van der Waals surface area contributed by atoms with E-state index in [0.29, 0.717) is 29.3 Å². The molecule has 0 spiro atoms. The monoisotopic (exact) mass is 569 g/mol. The van der Waals surface area contributed by atoms with E-state index >= 15 is 0 Å². The first-order valence-corrected chi connectivity index (χ1v) is 13.1. The fourth-order valence-corrected chi connectivity index (χ4v) is 5.26. The normalized spacial score (nSPS) is 17.9. The highest BCUT2D eigenvalue weighted by Crippen LogP contribution is 2.46. The summed E-state index contributed by atoms with van der Waals surface area (Å²) in [6.07, 6.45) is -4.37. The molecule has 2 aliphatic rings. The molecule has 1 aliphatic heterocycles. The number of rotatable bonds is 8. The van der Waals surface area contributed by atoms with Crippen LogP contribution in [-0.4, -0.2) is 52.2 Å². The van der Waals surface area contributed by atoms with E-state index in [1.165, 1.54) is 7.11 Å². The van der Waals surface area contributed by atoms with Gasteiger partial charge in [0.05, 0.1) is 23.5 Å². The molecule has 0 radical (unpaired) electrons. The number of ether oxygens (including phenoxy) is 1. The van der Waals surface area contributed by atoms with Gasteiger partial charge in [0.2, 0.25) is 11.2 Å². The number of carbonyl (C=O) groups excluding carboxylic acids is 1. The van der Waals surface area contributed by atoms with Crippen LogP contribution in [0.2, 0.25) is 0 Å². The Hall–Kier alpha value is -4.30. The van der Waals surface area contributed by atoms with Crippen molar-refractivity contribution in [1.82, 2.24) is 15.2 Å². The van der Waals surface area contributed by atoms with Crippen molar-refractivity contribution in [3.05, 3.63) is 70.7 Å². The van der Waals surface area contributed by atoms with Crippen LogP contribution in [0.25, 0.3) is 11.6 Å². The Balaban J connectivity index is 1.32. The van der Waals surface area contributed by atoms with Crippen molar-refractivity contribution in [2.75, 3.05) is 29.7 Å². The summed E-state index contributed by atoms with van der Waals surface area (Å²) in [4.78, 5) is 21.5. The minimum absolute atomic E-state index is 0.133. The zero-order chi connectivity index (χ0) is 27.9. The van der Waals surface area contributed by atoms with E-state index in [2.05, 4.69) is 36.1 Å². The molecule has 0 saturated heterocycles. The van der Waals surface area contributed by atoms with Crippen molar-refractivity contribution in [3.63, 3.8) is 0 Å². The number of methoxy groups -OCH3 is 1. The van der Waals surface area contributed by atoms with E-state index in [1.807, 2.05) is 42.5 Å². The number of nitrogens with zero attached hydrogens (tertiary/aromatic N) is 4. The number of alkyl halides is 3. The molecule has 1 saturated carbocycles. The number of benzodiazepines with no additional fused rings is 1. The number of halogens is 3. The summed E-state index contributed by atoms with van der Waals surface area (Å²) in [6, 6.07) is 16.4. The minimum Gasteiger partial charge on any atom is -0.402 e. The lowest BCUT2D eigenvalue weighted by molar-refractivity contribution is -0.137. The predicted molar refractivity (Wildman–Crippen MR) is 142 cm³/mol. The molecule has 4 aromatic rings. The Kier molecular flexibility index (Phi) is 6.50. The Morgan fingerprint density at radius 3 is 2.60 bits per heavy atom. The highest BCUT2D eigenvalue weighted by atomic mass is 32.1. The molecule has 6 rings (SSSR count). The smallest absolute Gasteiger partial charge is 0.402 e. The maximum absolute atomic E-state index is 13.5. The molecule has 1 amide bonds. The van der Waals surface area contributed by atoms with Gasteiger partial charge in [-0.2, -0.15) is 13.2 Å². The van der Waals surface area contributed by atoms with Crippen LogP contribution >= 0.6 is 11.3 Å². The van der Waals surface area contributed by atoms with Gasteiger partial charge in [-0.05, 0) is 18.9 Å². The number of hydrogen-bond acceptors (Lipinski definition) is 10. The number of hydrogen-bond donors (Lipinski definition) is 3. The maximum Gasteiger partial charge on any atom is 0.443 e. The number of fused-ring (bicyclic) bond motifs is 1. The standard InChI is InChI=1S/C26H22F3N7O3S/c1-38-13-25(11-12-25)34-22-18(32-23(40-22)26(27,28)29)21-35-36-24(39-21)33-19-20(37)30-16-10-6-5-9-15(16)17(31-19)14-7-3-2-4-8-14/h2-10,19,34H,11-13H2,1H3,(H,30,37)(H,33,36). The molecule has 3 heterocycles. The number of benzene rings is 2. The predicted octanol–water partition coefficient (Wildman–Crippen LogP) is 5.03. The number of anilines is 3. The van der Waals surface area contributed by atoms with Gasteiger partial charge in [0, 0.05) is 18.2 Å². The van der Waals surface area contributed by atoms with Gasteiger partial charge in [0.25, 0.3) is 11.8 Å².